The summed E-state index contributed by atoms with van der Waals surface area (Å²) in [5.74, 6) is 0.148. The molecule has 0 unspecified atom stereocenters. The van der Waals surface area contributed by atoms with Gasteiger partial charge in [0.2, 0.25) is 5.91 Å². The highest BCUT2D eigenvalue weighted by Crippen LogP contribution is 2.39. The van der Waals surface area contributed by atoms with Crippen LogP contribution in [0.25, 0.3) is 0 Å². The van der Waals surface area contributed by atoms with Gasteiger partial charge >= 0.3 is 6.03 Å². The number of halogens is 2. The number of rotatable bonds is 9. The summed E-state index contributed by atoms with van der Waals surface area (Å²) in [6.45, 7) is 9.00. The zero-order chi connectivity index (χ0) is 26.0. The van der Waals surface area contributed by atoms with Gasteiger partial charge in [-0.15, -0.1) is 0 Å². The van der Waals surface area contributed by atoms with E-state index in [-0.39, 0.29) is 43.5 Å². The fourth-order valence-electron chi connectivity index (χ4n) is 5.17. The predicted octanol–water partition coefficient (Wildman–Crippen LogP) is 4.23. The van der Waals surface area contributed by atoms with E-state index in [2.05, 4.69) is 19.2 Å². The number of carbonyl (C=O) groups is 3. The van der Waals surface area contributed by atoms with Crippen molar-refractivity contribution < 1.29 is 19.1 Å². The monoisotopic (exact) mass is 536 g/mol. The molecule has 196 valence electrons. The minimum Gasteiger partial charge on any atom is -0.376 e. The topological polar surface area (TPSA) is 82.2 Å². The maximum absolute atomic E-state index is 13.6. The van der Waals surface area contributed by atoms with Crippen molar-refractivity contribution in [3.8, 4) is 0 Å². The number of hydrogen-bond donors (Lipinski definition) is 1. The Morgan fingerprint density at radius 1 is 1.28 bits per heavy atom. The molecule has 1 saturated heterocycles. The molecule has 1 fully saturated rings. The number of urea groups is 1. The Labute approximate surface area is 222 Å². The smallest absolute Gasteiger partial charge is 0.322 e. The molecule has 0 aliphatic carbocycles. The van der Waals surface area contributed by atoms with Crippen molar-refractivity contribution in [3.05, 3.63) is 45.1 Å². The molecule has 2 atom stereocenters. The molecule has 1 N–H and O–H groups in total. The summed E-state index contributed by atoms with van der Waals surface area (Å²) >= 11 is 12.5. The zero-order valence-corrected chi connectivity index (χ0v) is 22.6. The number of ether oxygens (including phenoxy) is 1. The molecule has 1 aromatic rings. The van der Waals surface area contributed by atoms with Gasteiger partial charge in [-0.2, -0.15) is 0 Å². The summed E-state index contributed by atoms with van der Waals surface area (Å²) in [6.07, 6.45) is 2.28. The Balaban J connectivity index is 1.50. The number of nitrogens with one attached hydrogen (secondary N) is 1. The van der Waals surface area contributed by atoms with Gasteiger partial charge in [-0.3, -0.25) is 14.5 Å². The van der Waals surface area contributed by atoms with Gasteiger partial charge < -0.3 is 19.9 Å². The van der Waals surface area contributed by atoms with E-state index in [1.165, 1.54) is 0 Å². The molecule has 36 heavy (non-hydrogen) atoms. The van der Waals surface area contributed by atoms with E-state index in [0.29, 0.717) is 52.4 Å². The zero-order valence-electron chi connectivity index (χ0n) is 21.1. The van der Waals surface area contributed by atoms with E-state index in [4.69, 9.17) is 27.9 Å². The van der Waals surface area contributed by atoms with Gasteiger partial charge in [0.25, 0.3) is 5.91 Å². The quantitative estimate of drug-likeness (QED) is 0.511. The van der Waals surface area contributed by atoms with Crippen LogP contribution < -0.4 is 5.32 Å². The van der Waals surface area contributed by atoms with E-state index in [1.807, 2.05) is 11.8 Å². The largest absolute Gasteiger partial charge is 0.376 e. The molecule has 4 rings (SSSR count). The second-order valence-corrected chi connectivity index (χ2v) is 10.8. The molecule has 0 spiro atoms. The molecule has 8 nitrogen and oxygen atoms in total. The molecule has 3 aliphatic rings. The highest BCUT2D eigenvalue weighted by atomic mass is 35.5. The van der Waals surface area contributed by atoms with E-state index in [1.54, 1.807) is 28.0 Å². The second kappa shape index (κ2) is 11.4. The Bertz CT molecular complexity index is 1050. The minimum atomic E-state index is -0.676. The van der Waals surface area contributed by atoms with Crippen molar-refractivity contribution in [2.45, 2.75) is 52.2 Å². The van der Waals surface area contributed by atoms with Crippen molar-refractivity contribution in [1.82, 2.24) is 20.0 Å². The average molecular weight is 537 g/mol. The average Bonchev–Trinajstić information content (AvgIpc) is 3.44. The molecule has 0 saturated carbocycles. The first-order chi connectivity index (χ1) is 17.2. The molecule has 4 amide bonds. The van der Waals surface area contributed by atoms with Crippen LogP contribution in [0.1, 0.15) is 51.6 Å². The van der Waals surface area contributed by atoms with Gasteiger partial charge in [0.1, 0.15) is 0 Å². The Morgan fingerprint density at radius 3 is 2.69 bits per heavy atom. The maximum Gasteiger partial charge on any atom is 0.322 e. The van der Waals surface area contributed by atoms with Gasteiger partial charge in [-0.25, -0.2) is 4.79 Å². The number of likely N-dealkylation sites (N-methyl/N-ethyl adjacent to an activating group) is 1. The fraction of sp³-hybridized carbons (Fsp3) is 0.577. The highest BCUT2D eigenvalue weighted by molar-refractivity contribution is 6.35. The van der Waals surface area contributed by atoms with E-state index >= 15 is 0 Å². The van der Waals surface area contributed by atoms with Crippen LogP contribution in [-0.2, 0) is 14.3 Å². The first-order valence-electron chi connectivity index (χ1n) is 12.6. The summed E-state index contributed by atoms with van der Waals surface area (Å²) < 4.78 is 5.75. The number of amides is 4. The van der Waals surface area contributed by atoms with E-state index in [0.717, 1.165) is 19.4 Å². The Morgan fingerprint density at radius 2 is 2.06 bits per heavy atom. The van der Waals surface area contributed by atoms with Crippen LogP contribution in [0.2, 0.25) is 10.0 Å². The van der Waals surface area contributed by atoms with Crippen molar-refractivity contribution >= 4 is 41.0 Å². The van der Waals surface area contributed by atoms with Crippen LogP contribution in [0.5, 0.6) is 0 Å². The molecular weight excluding hydrogens is 503 g/mol. The third-order valence-electron chi connectivity index (χ3n) is 6.87. The Hall–Kier alpha value is -2.29. The molecule has 3 heterocycles. The summed E-state index contributed by atoms with van der Waals surface area (Å²) in [6, 6.07) is 4.07. The van der Waals surface area contributed by atoms with Crippen LogP contribution in [-0.4, -0.2) is 78.0 Å². The molecule has 3 aliphatic heterocycles. The maximum atomic E-state index is 13.6. The van der Waals surface area contributed by atoms with Gasteiger partial charge in [0, 0.05) is 49.3 Å². The van der Waals surface area contributed by atoms with Crippen LogP contribution in [0, 0.1) is 5.92 Å². The van der Waals surface area contributed by atoms with Gasteiger partial charge in [-0.05, 0) is 43.4 Å². The minimum absolute atomic E-state index is 0.00992. The summed E-state index contributed by atoms with van der Waals surface area (Å²) in [5, 5.41) is 3.78. The van der Waals surface area contributed by atoms with Gasteiger partial charge in [-0.1, -0.05) is 43.1 Å². The normalized spacial score (nSPS) is 21.9. The van der Waals surface area contributed by atoms with Gasteiger partial charge in [0.05, 0.1) is 30.0 Å². The molecule has 10 heteroatoms. The lowest BCUT2D eigenvalue weighted by atomic mass is 9.95. The van der Waals surface area contributed by atoms with Crippen LogP contribution >= 0.6 is 23.2 Å². The molecule has 0 bridgehead atoms. The number of benzene rings is 1. The third-order valence-corrected chi connectivity index (χ3v) is 7.43. The predicted molar refractivity (Wildman–Crippen MR) is 139 cm³/mol. The molecular formula is C26H34Cl2N4O4. The number of nitrogens with zero attached hydrogens (tertiary/aromatic N) is 3. The standard InChI is InChI=1S/C26H34Cl2N4O4/c1-4-32-21-15-30(10-9-22(33)31(13-16(2)3)14-18-6-5-11-36-18)25(34)23(21)24(29-26(32)35)19-8-7-17(27)12-20(19)28/h7-8,12,16,18,24H,4-6,9-11,13-15H2,1-3H3,(H,29,35)/t18-,24-/m0/s1. The SMILES string of the molecule is CCN1C(=O)N[C@@H](c2ccc(Cl)cc2Cl)C2=C1CN(CCC(=O)N(CC(C)C)C[C@@H]1CCCO1)C2=O. The summed E-state index contributed by atoms with van der Waals surface area (Å²) in [7, 11) is 0. The van der Waals surface area contributed by atoms with Crippen molar-refractivity contribution in [3.63, 3.8) is 0 Å². The Kier molecular flexibility index (Phi) is 8.48. The molecule has 1 aromatic carbocycles. The third kappa shape index (κ3) is 5.66. The molecule has 0 aromatic heterocycles. The van der Waals surface area contributed by atoms with E-state index < -0.39 is 6.04 Å². The lowest BCUT2D eigenvalue weighted by Gasteiger charge is -2.33. The van der Waals surface area contributed by atoms with Crippen LogP contribution in [0.3, 0.4) is 0 Å². The van der Waals surface area contributed by atoms with Crippen LogP contribution in [0.4, 0.5) is 4.79 Å². The number of carbonyl (C=O) groups excluding carboxylic acids is 3. The van der Waals surface area contributed by atoms with Crippen molar-refractivity contribution in [2.24, 2.45) is 5.92 Å². The van der Waals surface area contributed by atoms with Crippen molar-refractivity contribution in [2.75, 3.05) is 39.3 Å². The number of hydrogen-bond acceptors (Lipinski definition) is 4. The van der Waals surface area contributed by atoms with E-state index in [9.17, 15) is 14.4 Å². The van der Waals surface area contributed by atoms with Crippen LogP contribution in [0.15, 0.2) is 29.5 Å². The first kappa shape index (κ1) is 26.8. The molecule has 0 radical (unpaired) electrons. The second-order valence-electron chi connectivity index (χ2n) is 9.96. The highest BCUT2D eigenvalue weighted by Gasteiger charge is 2.44. The first-order valence-corrected chi connectivity index (χ1v) is 13.4. The summed E-state index contributed by atoms with van der Waals surface area (Å²) in [4.78, 5) is 44.8. The van der Waals surface area contributed by atoms with Gasteiger partial charge in [0.15, 0.2) is 0 Å². The van der Waals surface area contributed by atoms with Crippen molar-refractivity contribution in [1.29, 1.82) is 0 Å². The fourth-order valence-corrected chi connectivity index (χ4v) is 5.69. The lowest BCUT2D eigenvalue weighted by molar-refractivity contribution is -0.134. The summed E-state index contributed by atoms with van der Waals surface area (Å²) in [5.41, 5.74) is 1.77. The lowest BCUT2D eigenvalue weighted by Crippen LogP contribution is -2.47.